The van der Waals surface area contributed by atoms with Crippen LogP contribution in [-0.4, -0.2) is 33.1 Å². The monoisotopic (exact) mass is 328 g/mol. The van der Waals surface area contributed by atoms with Gasteiger partial charge in [0.05, 0.1) is 11.3 Å². The molecule has 1 saturated carbocycles. The molecule has 0 unspecified atom stereocenters. The standard InChI is InChI=1S/C18H24N4O2/c1-12-7-13(2)9-15(8-12)22-14(3)10-16(21-22)20-17(23)19-11-18(24)5-4-6-18/h7-10,24H,4-6,11H2,1-3H3,(H2,19,20,21,23). The van der Waals surface area contributed by atoms with Gasteiger partial charge in [-0.05, 0) is 63.3 Å². The van der Waals surface area contributed by atoms with E-state index < -0.39 is 5.60 Å². The van der Waals surface area contributed by atoms with Gasteiger partial charge in [0, 0.05) is 18.3 Å². The lowest BCUT2D eigenvalue weighted by Crippen LogP contribution is -2.48. The van der Waals surface area contributed by atoms with Crippen molar-refractivity contribution >= 4 is 11.8 Å². The average molecular weight is 328 g/mol. The number of hydrogen-bond donors (Lipinski definition) is 3. The molecule has 0 spiro atoms. The van der Waals surface area contributed by atoms with Crippen molar-refractivity contribution in [3.63, 3.8) is 0 Å². The molecule has 0 atom stereocenters. The molecule has 6 nitrogen and oxygen atoms in total. The van der Waals surface area contributed by atoms with Crippen LogP contribution in [0, 0.1) is 20.8 Å². The number of rotatable bonds is 4. The van der Waals surface area contributed by atoms with Crippen LogP contribution in [0.15, 0.2) is 24.3 Å². The molecule has 0 aliphatic heterocycles. The van der Waals surface area contributed by atoms with Crippen molar-refractivity contribution in [3.05, 3.63) is 41.1 Å². The number of hydrogen-bond acceptors (Lipinski definition) is 3. The van der Waals surface area contributed by atoms with Crippen LogP contribution < -0.4 is 10.6 Å². The van der Waals surface area contributed by atoms with E-state index in [1.165, 1.54) is 11.1 Å². The Morgan fingerprint density at radius 3 is 2.46 bits per heavy atom. The fourth-order valence-electron chi connectivity index (χ4n) is 3.04. The van der Waals surface area contributed by atoms with E-state index in [4.69, 9.17) is 0 Å². The predicted molar refractivity (Wildman–Crippen MR) is 93.6 cm³/mol. The van der Waals surface area contributed by atoms with Gasteiger partial charge >= 0.3 is 6.03 Å². The van der Waals surface area contributed by atoms with E-state index in [0.717, 1.165) is 30.6 Å². The third-order valence-electron chi connectivity index (χ3n) is 4.44. The van der Waals surface area contributed by atoms with Crippen molar-refractivity contribution in [2.24, 2.45) is 0 Å². The van der Waals surface area contributed by atoms with Crippen LogP contribution in [0.5, 0.6) is 0 Å². The van der Waals surface area contributed by atoms with E-state index in [-0.39, 0.29) is 12.6 Å². The second-order valence-electron chi connectivity index (χ2n) is 6.81. The molecular formula is C18H24N4O2. The highest BCUT2D eigenvalue weighted by atomic mass is 16.3. The number of carbonyl (C=O) groups excluding carboxylic acids is 1. The number of aliphatic hydroxyl groups is 1. The van der Waals surface area contributed by atoms with Gasteiger partial charge < -0.3 is 10.4 Å². The summed E-state index contributed by atoms with van der Waals surface area (Å²) in [5.41, 5.74) is 3.52. The van der Waals surface area contributed by atoms with Crippen molar-refractivity contribution in [1.29, 1.82) is 0 Å². The maximum absolute atomic E-state index is 12.0. The van der Waals surface area contributed by atoms with E-state index in [1.54, 1.807) is 0 Å². The summed E-state index contributed by atoms with van der Waals surface area (Å²) in [5.74, 6) is 0.491. The maximum Gasteiger partial charge on any atom is 0.320 e. The Kier molecular flexibility index (Phi) is 4.32. The fraction of sp³-hybridized carbons (Fsp3) is 0.444. The molecule has 0 saturated heterocycles. The first-order chi connectivity index (χ1) is 11.3. The number of urea groups is 1. The number of aromatic nitrogens is 2. The van der Waals surface area contributed by atoms with E-state index in [9.17, 15) is 9.90 Å². The molecule has 6 heteroatoms. The van der Waals surface area contributed by atoms with Gasteiger partial charge in [-0.15, -0.1) is 5.10 Å². The summed E-state index contributed by atoms with van der Waals surface area (Å²) >= 11 is 0. The Morgan fingerprint density at radius 2 is 1.88 bits per heavy atom. The van der Waals surface area contributed by atoms with Crippen LogP contribution in [-0.2, 0) is 0 Å². The number of benzene rings is 1. The zero-order chi connectivity index (χ0) is 17.3. The summed E-state index contributed by atoms with van der Waals surface area (Å²) in [4.78, 5) is 12.0. The van der Waals surface area contributed by atoms with Crippen molar-refractivity contribution < 1.29 is 9.90 Å². The van der Waals surface area contributed by atoms with Crippen LogP contribution >= 0.6 is 0 Å². The Bertz CT molecular complexity index is 742. The number of nitrogens with one attached hydrogen (secondary N) is 2. The molecule has 0 bridgehead atoms. The highest BCUT2D eigenvalue weighted by Gasteiger charge is 2.34. The molecule has 1 aliphatic carbocycles. The average Bonchev–Trinajstić information content (AvgIpc) is 2.82. The molecule has 1 fully saturated rings. The maximum atomic E-state index is 12.0. The molecule has 1 heterocycles. The Balaban J connectivity index is 1.68. The number of aryl methyl sites for hydroxylation is 3. The lowest BCUT2D eigenvalue weighted by Gasteiger charge is -2.36. The van der Waals surface area contributed by atoms with Crippen molar-refractivity contribution in [2.75, 3.05) is 11.9 Å². The summed E-state index contributed by atoms with van der Waals surface area (Å²) in [7, 11) is 0. The normalized spacial score (nSPS) is 15.7. The van der Waals surface area contributed by atoms with Crippen LogP contribution in [0.3, 0.4) is 0 Å². The van der Waals surface area contributed by atoms with Crippen LogP contribution in [0.2, 0.25) is 0 Å². The van der Waals surface area contributed by atoms with Gasteiger partial charge in [-0.25, -0.2) is 9.48 Å². The zero-order valence-corrected chi connectivity index (χ0v) is 14.4. The quantitative estimate of drug-likeness (QED) is 0.807. The molecule has 128 valence electrons. The molecule has 2 aromatic rings. The molecule has 0 radical (unpaired) electrons. The minimum absolute atomic E-state index is 0.273. The number of carbonyl (C=O) groups is 1. The minimum atomic E-state index is -0.730. The number of anilines is 1. The molecule has 24 heavy (non-hydrogen) atoms. The summed E-state index contributed by atoms with van der Waals surface area (Å²) < 4.78 is 1.81. The first-order valence-electron chi connectivity index (χ1n) is 8.27. The molecule has 2 amide bonds. The molecule has 1 aliphatic rings. The van der Waals surface area contributed by atoms with Crippen molar-refractivity contribution in [1.82, 2.24) is 15.1 Å². The van der Waals surface area contributed by atoms with Gasteiger partial charge in [0.15, 0.2) is 5.82 Å². The van der Waals surface area contributed by atoms with Crippen molar-refractivity contribution in [3.8, 4) is 5.69 Å². The van der Waals surface area contributed by atoms with Crippen LogP contribution in [0.1, 0.15) is 36.1 Å². The lowest BCUT2D eigenvalue weighted by atomic mass is 9.80. The van der Waals surface area contributed by atoms with Gasteiger partial charge in [-0.3, -0.25) is 5.32 Å². The SMILES string of the molecule is Cc1cc(C)cc(-n2nc(NC(=O)NCC3(O)CCC3)cc2C)c1. The van der Waals surface area contributed by atoms with Crippen molar-refractivity contribution in [2.45, 2.75) is 45.6 Å². The van der Waals surface area contributed by atoms with E-state index in [2.05, 4.69) is 33.9 Å². The Morgan fingerprint density at radius 1 is 1.21 bits per heavy atom. The highest BCUT2D eigenvalue weighted by molar-refractivity contribution is 5.88. The molecule has 3 rings (SSSR count). The van der Waals surface area contributed by atoms with Gasteiger partial charge in [-0.2, -0.15) is 0 Å². The Hall–Kier alpha value is -2.34. The number of nitrogens with zero attached hydrogens (tertiary/aromatic N) is 2. The lowest BCUT2D eigenvalue weighted by molar-refractivity contribution is -0.0287. The van der Waals surface area contributed by atoms with Crippen LogP contribution in [0.4, 0.5) is 10.6 Å². The van der Waals surface area contributed by atoms with Gasteiger partial charge in [-0.1, -0.05) is 6.07 Å². The summed E-state index contributed by atoms with van der Waals surface area (Å²) in [6.45, 7) is 6.32. The summed E-state index contributed by atoms with van der Waals surface area (Å²) in [6, 6.07) is 7.71. The summed E-state index contributed by atoms with van der Waals surface area (Å²) in [5, 5.41) is 19.9. The van der Waals surface area contributed by atoms with Crippen LogP contribution in [0.25, 0.3) is 5.69 Å². The summed E-state index contributed by atoms with van der Waals surface area (Å²) in [6.07, 6.45) is 2.50. The van der Waals surface area contributed by atoms with E-state index in [0.29, 0.717) is 5.82 Å². The minimum Gasteiger partial charge on any atom is -0.388 e. The highest BCUT2D eigenvalue weighted by Crippen LogP contribution is 2.30. The first-order valence-corrected chi connectivity index (χ1v) is 8.27. The van der Waals surface area contributed by atoms with Gasteiger partial charge in [0.1, 0.15) is 0 Å². The molecule has 3 N–H and O–H groups in total. The molecular weight excluding hydrogens is 304 g/mol. The molecule has 1 aromatic heterocycles. The second-order valence-corrected chi connectivity index (χ2v) is 6.81. The third-order valence-corrected chi connectivity index (χ3v) is 4.44. The van der Waals surface area contributed by atoms with Gasteiger partial charge in [0.2, 0.25) is 0 Å². The van der Waals surface area contributed by atoms with Gasteiger partial charge in [0.25, 0.3) is 0 Å². The second kappa shape index (κ2) is 6.28. The van der Waals surface area contributed by atoms with E-state index >= 15 is 0 Å². The fourth-order valence-corrected chi connectivity index (χ4v) is 3.04. The third kappa shape index (κ3) is 3.59. The molecule has 1 aromatic carbocycles. The van der Waals surface area contributed by atoms with E-state index in [1.807, 2.05) is 31.5 Å². The largest absolute Gasteiger partial charge is 0.388 e. The predicted octanol–water partition coefficient (Wildman–Crippen LogP) is 2.83. The zero-order valence-electron chi connectivity index (χ0n) is 14.4. The topological polar surface area (TPSA) is 79.2 Å². The smallest absolute Gasteiger partial charge is 0.320 e. The first kappa shape index (κ1) is 16.5. The Labute approximate surface area is 141 Å². The number of amides is 2.